The van der Waals surface area contributed by atoms with Crippen LogP contribution in [0.2, 0.25) is 0 Å². The van der Waals surface area contributed by atoms with Crippen molar-refractivity contribution in [3.05, 3.63) is 0 Å². The largest absolute Gasteiger partial charge is 1.00 e. The number of carboxylic acid groups (broad SMARTS) is 1. The van der Waals surface area contributed by atoms with Gasteiger partial charge in [-0.05, 0) is 6.42 Å². The molecule has 1 aliphatic rings. The number of aliphatic imine (C=N–C) groups is 1. The molecule has 0 saturated heterocycles. The summed E-state index contributed by atoms with van der Waals surface area (Å²) in [7, 11) is 0. The summed E-state index contributed by atoms with van der Waals surface area (Å²) in [6.45, 7) is 2.54. The summed E-state index contributed by atoms with van der Waals surface area (Å²) in [5.41, 5.74) is -1.89. The summed E-state index contributed by atoms with van der Waals surface area (Å²) >= 11 is 0. The van der Waals surface area contributed by atoms with E-state index in [-0.39, 0.29) is 36.0 Å². The molecule has 1 rings (SSSR count). The normalized spacial score (nSPS) is 19.4. The van der Waals surface area contributed by atoms with Gasteiger partial charge in [0.05, 0.1) is 18.9 Å². The molecular formula is C7H11N2NaO3. The number of hydrogen-bond donors (Lipinski definition) is 1. The average molecular weight is 194 g/mol. The second-order valence-corrected chi connectivity index (χ2v) is 2.67. The van der Waals surface area contributed by atoms with Crippen molar-refractivity contribution in [2.24, 2.45) is 4.99 Å². The summed E-state index contributed by atoms with van der Waals surface area (Å²) in [6, 6.07) is 0. The quantitative estimate of drug-likeness (QED) is 0.457. The van der Waals surface area contributed by atoms with Crippen molar-refractivity contribution in [1.29, 1.82) is 0 Å². The second kappa shape index (κ2) is 4.95. The van der Waals surface area contributed by atoms with E-state index in [9.17, 15) is 15.0 Å². The molecule has 0 saturated carbocycles. The predicted octanol–water partition coefficient (Wildman–Crippen LogP) is -4.82. The van der Waals surface area contributed by atoms with E-state index in [1.165, 1.54) is 11.2 Å². The average Bonchev–Trinajstić information content (AvgIpc) is 2.54. The Morgan fingerprint density at radius 2 is 2.46 bits per heavy atom. The van der Waals surface area contributed by atoms with E-state index < -0.39 is 11.7 Å². The number of aliphatic hydroxyl groups is 1. The van der Waals surface area contributed by atoms with Gasteiger partial charge >= 0.3 is 29.6 Å². The van der Waals surface area contributed by atoms with Crippen LogP contribution in [0.15, 0.2) is 4.99 Å². The summed E-state index contributed by atoms with van der Waals surface area (Å²) in [4.78, 5) is 15.7. The zero-order valence-electron chi connectivity index (χ0n) is 7.86. The maximum Gasteiger partial charge on any atom is 1.00 e. The van der Waals surface area contributed by atoms with E-state index in [2.05, 4.69) is 4.99 Å². The third-order valence-electron chi connectivity index (χ3n) is 1.99. The molecule has 0 aromatic carbocycles. The van der Waals surface area contributed by atoms with Crippen LogP contribution in [-0.2, 0) is 4.79 Å². The van der Waals surface area contributed by atoms with Gasteiger partial charge in [0, 0.05) is 6.54 Å². The van der Waals surface area contributed by atoms with Gasteiger partial charge in [-0.3, -0.25) is 4.99 Å². The van der Waals surface area contributed by atoms with Crippen LogP contribution in [0.1, 0.15) is 13.3 Å². The van der Waals surface area contributed by atoms with E-state index >= 15 is 0 Å². The van der Waals surface area contributed by atoms with Crippen LogP contribution >= 0.6 is 0 Å². The molecule has 68 valence electrons. The van der Waals surface area contributed by atoms with Crippen molar-refractivity contribution in [3.8, 4) is 0 Å². The summed E-state index contributed by atoms with van der Waals surface area (Å²) < 4.78 is 0. The molecule has 5 nitrogen and oxygen atoms in total. The first kappa shape index (κ1) is 12.9. The van der Waals surface area contributed by atoms with Gasteiger partial charge in [0.1, 0.15) is 0 Å². The van der Waals surface area contributed by atoms with Crippen LogP contribution < -0.4 is 34.7 Å². The molecular weight excluding hydrogens is 183 g/mol. The molecule has 0 spiro atoms. The number of hydrogen-bond acceptors (Lipinski definition) is 5. The van der Waals surface area contributed by atoms with Crippen LogP contribution in [0, 0.1) is 0 Å². The Kier molecular flexibility index (Phi) is 4.91. The van der Waals surface area contributed by atoms with Crippen molar-refractivity contribution >= 4 is 12.3 Å². The minimum atomic E-state index is -1.89. The van der Waals surface area contributed by atoms with E-state index in [0.29, 0.717) is 13.1 Å². The van der Waals surface area contributed by atoms with Gasteiger partial charge in [0.2, 0.25) is 0 Å². The zero-order valence-corrected chi connectivity index (χ0v) is 9.86. The van der Waals surface area contributed by atoms with Crippen molar-refractivity contribution in [2.75, 3.05) is 13.1 Å². The SMILES string of the molecule is CCC(O)(C(=O)[O-])N1C=NCC1.[Na+]. The minimum absolute atomic E-state index is 0. The number of carboxylic acids is 1. The van der Waals surface area contributed by atoms with Crippen molar-refractivity contribution in [2.45, 2.75) is 19.1 Å². The molecule has 1 unspecified atom stereocenters. The Labute approximate surface area is 98.7 Å². The fourth-order valence-electron chi connectivity index (χ4n) is 1.12. The maximum absolute atomic E-state index is 10.6. The number of aliphatic carboxylic acids is 1. The number of carbonyl (C=O) groups is 1. The smallest absolute Gasteiger partial charge is 0.545 e. The standard InChI is InChI=1S/C7H12N2O3.Na/c1-2-7(12,6(10)11)9-4-3-8-5-9;/h5,12H,2-4H2,1H3,(H,10,11);/q;+1/p-1. The summed E-state index contributed by atoms with van der Waals surface area (Å²) in [5, 5.41) is 20.1. The molecule has 0 radical (unpaired) electrons. The van der Waals surface area contributed by atoms with Crippen LogP contribution in [0.4, 0.5) is 0 Å². The third-order valence-corrected chi connectivity index (χ3v) is 1.99. The van der Waals surface area contributed by atoms with Crippen molar-refractivity contribution in [1.82, 2.24) is 4.90 Å². The first-order valence-electron chi connectivity index (χ1n) is 3.81. The van der Waals surface area contributed by atoms with E-state index in [0.717, 1.165) is 0 Å². The molecule has 6 heteroatoms. The monoisotopic (exact) mass is 194 g/mol. The van der Waals surface area contributed by atoms with E-state index in [4.69, 9.17) is 0 Å². The molecule has 0 bridgehead atoms. The van der Waals surface area contributed by atoms with Gasteiger partial charge in [-0.1, -0.05) is 6.92 Å². The maximum atomic E-state index is 10.6. The molecule has 1 heterocycles. The van der Waals surface area contributed by atoms with Crippen molar-refractivity contribution in [3.63, 3.8) is 0 Å². The molecule has 0 aromatic rings. The fourth-order valence-corrected chi connectivity index (χ4v) is 1.12. The minimum Gasteiger partial charge on any atom is -0.545 e. The van der Waals surface area contributed by atoms with Crippen molar-refractivity contribution < 1.29 is 44.6 Å². The van der Waals surface area contributed by atoms with Crippen LogP contribution in [-0.4, -0.2) is 41.1 Å². The topological polar surface area (TPSA) is 76.0 Å². The Bertz CT molecular complexity index is 222. The molecule has 0 aliphatic carbocycles. The Morgan fingerprint density at radius 3 is 2.77 bits per heavy atom. The predicted molar refractivity (Wildman–Crippen MR) is 40.3 cm³/mol. The first-order chi connectivity index (χ1) is 5.61. The molecule has 0 amide bonds. The van der Waals surface area contributed by atoms with Crippen LogP contribution in [0.25, 0.3) is 0 Å². The number of rotatable bonds is 3. The second-order valence-electron chi connectivity index (χ2n) is 2.67. The summed E-state index contributed by atoms with van der Waals surface area (Å²) in [5.74, 6) is -1.47. The van der Waals surface area contributed by atoms with Gasteiger partial charge in [-0.15, -0.1) is 0 Å². The zero-order chi connectivity index (χ0) is 9.19. The van der Waals surface area contributed by atoms with Gasteiger partial charge in [-0.2, -0.15) is 0 Å². The van der Waals surface area contributed by atoms with E-state index in [1.54, 1.807) is 6.92 Å². The molecule has 0 fully saturated rings. The van der Waals surface area contributed by atoms with Gasteiger partial charge in [0.15, 0.2) is 5.72 Å². The number of carbonyl (C=O) groups excluding carboxylic acids is 1. The molecule has 1 N–H and O–H groups in total. The van der Waals surface area contributed by atoms with Crippen LogP contribution in [0.5, 0.6) is 0 Å². The van der Waals surface area contributed by atoms with Crippen LogP contribution in [0.3, 0.4) is 0 Å². The van der Waals surface area contributed by atoms with E-state index in [1.807, 2.05) is 0 Å². The first-order valence-corrected chi connectivity index (χ1v) is 3.81. The molecule has 13 heavy (non-hydrogen) atoms. The Balaban J connectivity index is 0.00000144. The third kappa shape index (κ3) is 2.43. The molecule has 0 aromatic heterocycles. The summed E-state index contributed by atoms with van der Waals surface area (Å²) in [6.07, 6.45) is 1.43. The Hall–Kier alpha value is -0.100. The number of nitrogens with zero attached hydrogens (tertiary/aromatic N) is 2. The molecule has 1 atom stereocenters. The van der Waals surface area contributed by atoms with Gasteiger partial charge in [-0.25, -0.2) is 0 Å². The fraction of sp³-hybridized carbons (Fsp3) is 0.714. The Morgan fingerprint density at radius 1 is 1.85 bits per heavy atom. The van der Waals surface area contributed by atoms with Gasteiger partial charge < -0.3 is 19.9 Å². The molecule has 1 aliphatic heterocycles. The van der Waals surface area contributed by atoms with Gasteiger partial charge in [0.25, 0.3) is 0 Å².